The number of aryl methyl sites for hydroxylation is 1. The van der Waals surface area contributed by atoms with Crippen molar-refractivity contribution in [1.29, 1.82) is 0 Å². The van der Waals surface area contributed by atoms with E-state index in [1.807, 2.05) is 36.1 Å². The van der Waals surface area contributed by atoms with Crippen LogP contribution < -0.4 is 4.74 Å². The van der Waals surface area contributed by atoms with E-state index in [0.29, 0.717) is 36.5 Å². The Morgan fingerprint density at radius 3 is 2.75 bits per heavy atom. The molecule has 1 aliphatic heterocycles. The van der Waals surface area contributed by atoms with Gasteiger partial charge in [-0.1, -0.05) is 42.1 Å². The van der Waals surface area contributed by atoms with E-state index in [1.165, 1.54) is 37.7 Å². The lowest BCUT2D eigenvalue weighted by atomic mass is 9.87. The molecule has 1 atom stereocenters. The third kappa shape index (κ3) is 4.72. The average Bonchev–Trinajstić information content (AvgIpc) is 3.38. The highest BCUT2D eigenvalue weighted by molar-refractivity contribution is 5.76. The number of likely N-dealkylation sites (tertiary alicyclic amines) is 1. The first-order valence-electron chi connectivity index (χ1n) is 10.5. The summed E-state index contributed by atoms with van der Waals surface area (Å²) in [6, 6.07) is 7.87. The fourth-order valence-corrected chi connectivity index (χ4v) is 4.24. The minimum absolute atomic E-state index is 0.159. The Kier molecular flexibility index (Phi) is 5.93. The molecule has 1 aromatic heterocycles. The standard InChI is InChI=1S/C22H29N3O3/c1-16-7-9-19(10-8-16)27-15-20-23-22(24-28-20)18-11-12-25(14-18)21(26)13-17-5-3-2-4-6-17/h7-10,17-18H,2-6,11-15H2,1H3. The minimum atomic E-state index is 0.159. The number of aromatic nitrogens is 2. The Balaban J connectivity index is 1.27. The number of carbonyl (C=O) groups excluding carboxylic acids is 1. The van der Waals surface area contributed by atoms with E-state index in [4.69, 9.17) is 9.26 Å². The van der Waals surface area contributed by atoms with Crippen LogP contribution in [0.15, 0.2) is 28.8 Å². The summed E-state index contributed by atoms with van der Waals surface area (Å²) < 4.78 is 11.1. The van der Waals surface area contributed by atoms with Gasteiger partial charge in [-0.3, -0.25) is 4.79 Å². The second-order valence-corrected chi connectivity index (χ2v) is 8.18. The molecule has 1 amide bonds. The van der Waals surface area contributed by atoms with Gasteiger partial charge in [-0.05, 0) is 44.2 Å². The van der Waals surface area contributed by atoms with Crippen molar-refractivity contribution >= 4 is 5.91 Å². The number of amides is 1. The van der Waals surface area contributed by atoms with Gasteiger partial charge in [0.2, 0.25) is 5.91 Å². The van der Waals surface area contributed by atoms with Gasteiger partial charge in [-0.15, -0.1) is 0 Å². The maximum atomic E-state index is 12.6. The van der Waals surface area contributed by atoms with E-state index in [1.54, 1.807) is 0 Å². The maximum Gasteiger partial charge on any atom is 0.264 e. The maximum absolute atomic E-state index is 12.6. The third-order valence-electron chi connectivity index (χ3n) is 5.96. The Labute approximate surface area is 166 Å². The molecule has 150 valence electrons. The van der Waals surface area contributed by atoms with Crippen LogP contribution in [0.25, 0.3) is 0 Å². The van der Waals surface area contributed by atoms with Gasteiger partial charge in [0.15, 0.2) is 12.4 Å². The number of carbonyl (C=O) groups is 1. The zero-order valence-electron chi connectivity index (χ0n) is 16.6. The van der Waals surface area contributed by atoms with Gasteiger partial charge in [0, 0.05) is 25.4 Å². The molecule has 6 nitrogen and oxygen atoms in total. The molecule has 1 aromatic carbocycles. The number of benzene rings is 1. The van der Waals surface area contributed by atoms with Crippen molar-refractivity contribution in [1.82, 2.24) is 15.0 Å². The molecular weight excluding hydrogens is 354 g/mol. The summed E-state index contributed by atoms with van der Waals surface area (Å²) >= 11 is 0. The van der Waals surface area contributed by atoms with Crippen LogP contribution in [0.3, 0.4) is 0 Å². The SMILES string of the molecule is Cc1ccc(OCc2nc(C3CCN(C(=O)CC4CCCCC4)C3)no2)cc1. The molecule has 0 bridgehead atoms. The summed E-state index contributed by atoms with van der Waals surface area (Å²) in [7, 11) is 0. The summed E-state index contributed by atoms with van der Waals surface area (Å²) in [5.41, 5.74) is 1.19. The quantitative estimate of drug-likeness (QED) is 0.746. The lowest BCUT2D eigenvalue weighted by Crippen LogP contribution is -2.30. The number of hydrogen-bond donors (Lipinski definition) is 0. The van der Waals surface area contributed by atoms with Crippen LogP contribution in [0, 0.1) is 12.8 Å². The zero-order valence-corrected chi connectivity index (χ0v) is 16.6. The lowest BCUT2D eigenvalue weighted by Gasteiger charge is -2.24. The highest BCUT2D eigenvalue weighted by atomic mass is 16.5. The van der Waals surface area contributed by atoms with E-state index in [0.717, 1.165) is 18.7 Å². The Bertz CT molecular complexity index is 781. The van der Waals surface area contributed by atoms with Crippen molar-refractivity contribution in [3.8, 4) is 5.75 Å². The van der Waals surface area contributed by atoms with Crippen molar-refractivity contribution in [2.24, 2.45) is 5.92 Å². The summed E-state index contributed by atoms with van der Waals surface area (Å²) in [4.78, 5) is 19.1. The molecule has 4 rings (SSSR count). The summed E-state index contributed by atoms with van der Waals surface area (Å²) in [5, 5.41) is 4.13. The van der Waals surface area contributed by atoms with Crippen molar-refractivity contribution in [2.45, 2.75) is 64.4 Å². The van der Waals surface area contributed by atoms with E-state index < -0.39 is 0 Å². The monoisotopic (exact) mass is 383 g/mol. The highest BCUT2D eigenvalue weighted by Crippen LogP contribution is 2.30. The molecule has 0 N–H and O–H groups in total. The predicted octanol–water partition coefficient (Wildman–Crippen LogP) is 4.24. The molecule has 6 heteroatoms. The van der Waals surface area contributed by atoms with Crippen LogP contribution in [0.4, 0.5) is 0 Å². The molecule has 1 aliphatic carbocycles. The van der Waals surface area contributed by atoms with E-state index in [2.05, 4.69) is 10.1 Å². The first-order chi connectivity index (χ1) is 13.7. The molecule has 2 aliphatic rings. The van der Waals surface area contributed by atoms with E-state index in [-0.39, 0.29) is 12.5 Å². The minimum Gasteiger partial charge on any atom is -0.484 e. The van der Waals surface area contributed by atoms with Crippen LogP contribution in [-0.4, -0.2) is 34.0 Å². The smallest absolute Gasteiger partial charge is 0.264 e. The number of hydrogen-bond acceptors (Lipinski definition) is 5. The first-order valence-corrected chi connectivity index (χ1v) is 10.5. The van der Waals surface area contributed by atoms with Gasteiger partial charge >= 0.3 is 0 Å². The van der Waals surface area contributed by atoms with E-state index >= 15 is 0 Å². The molecule has 2 fully saturated rings. The number of nitrogens with zero attached hydrogens (tertiary/aromatic N) is 3. The first kappa shape index (κ1) is 19.0. The summed E-state index contributed by atoms with van der Waals surface area (Å²) in [6.07, 6.45) is 7.89. The zero-order chi connectivity index (χ0) is 19.3. The molecule has 1 saturated heterocycles. The number of ether oxygens (including phenoxy) is 1. The average molecular weight is 383 g/mol. The van der Waals surface area contributed by atoms with Crippen LogP contribution >= 0.6 is 0 Å². The predicted molar refractivity (Wildman–Crippen MR) is 105 cm³/mol. The lowest BCUT2D eigenvalue weighted by molar-refractivity contribution is -0.131. The van der Waals surface area contributed by atoms with Crippen LogP contribution in [0.2, 0.25) is 0 Å². The van der Waals surface area contributed by atoms with Gasteiger partial charge in [0.05, 0.1) is 0 Å². The highest BCUT2D eigenvalue weighted by Gasteiger charge is 2.31. The Hall–Kier alpha value is -2.37. The second-order valence-electron chi connectivity index (χ2n) is 8.18. The van der Waals surface area contributed by atoms with Crippen molar-refractivity contribution < 1.29 is 14.1 Å². The van der Waals surface area contributed by atoms with Gasteiger partial charge in [-0.25, -0.2) is 0 Å². The normalized spacial score (nSPS) is 20.5. The van der Waals surface area contributed by atoms with Crippen molar-refractivity contribution in [2.75, 3.05) is 13.1 Å². The topological polar surface area (TPSA) is 68.5 Å². The second kappa shape index (κ2) is 8.76. The van der Waals surface area contributed by atoms with Gasteiger partial charge in [0.1, 0.15) is 5.75 Å². The van der Waals surface area contributed by atoms with Gasteiger partial charge in [-0.2, -0.15) is 4.98 Å². The molecule has 1 saturated carbocycles. The molecule has 0 spiro atoms. The largest absolute Gasteiger partial charge is 0.484 e. The Morgan fingerprint density at radius 1 is 1.18 bits per heavy atom. The van der Waals surface area contributed by atoms with Crippen LogP contribution in [0.5, 0.6) is 5.75 Å². The molecule has 0 radical (unpaired) electrons. The third-order valence-corrected chi connectivity index (χ3v) is 5.96. The van der Waals surface area contributed by atoms with Crippen LogP contribution in [0.1, 0.15) is 68.1 Å². The van der Waals surface area contributed by atoms with Crippen LogP contribution in [-0.2, 0) is 11.4 Å². The van der Waals surface area contributed by atoms with Crippen molar-refractivity contribution in [3.63, 3.8) is 0 Å². The molecule has 2 aromatic rings. The fourth-order valence-electron chi connectivity index (χ4n) is 4.24. The molecular formula is C22H29N3O3. The Morgan fingerprint density at radius 2 is 1.96 bits per heavy atom. The number of rotatable bonds is 6. The van der Waals surface area contributed by atoms with Crippen molar-refractivity contribution in [3.05, 3.63) is 41.5 Å². The summed E-state index contributed by atoms with van der Waals surface area (Å²) in [5.74, 6) is 2.98. The van der Waals surface area contributed by atoms with Gasteiger partial charge in [0.25, 0.3) is 5.89 Å². The van der Waals surface area contributed by atoms with Gasteiger partial charge < -0.3 is 14.2 Å². The molecule has 28 heavy (non-hydrogen) atoms. The molecule has 1 unspecified atom stereocenters. The summed E-state index contributed by atoms with van der Waals surface area (Å²) in [6.45, 7) is 3.79. The van der Waals surface area contributed by atoms with E-state index in [9.17, 15) is 4.79 Å². The fraction of sp³-hybridized carbons (Fsp3) is 0.591. The molecule has 2 heterocycles.